The Labute approximate surface area is 167 Å². The lowest BCUT2D eigenvalue weighted by Crippen LogP contribution is -3.30. The van der Waals surface area contributed by atoms with Crippen LogP contribution in [0.15, 0.2) is 24.3 Å². The van der Waals surface area contributed by atoms with Crippen molar-refractivity contribution in [3.05, 3.63) is 29.8 Å². The van der Waals surface area contributed by atoms with Gasteiger partial charge in [0.15, 0.2) is 12.6 Å². The van der Waals surface area contributed by atoms with Crippen molar-refractivity contribution < 1.29 is 24.1 Å². The van der Waals surface area contributed by atoms with Crippen molar-refractivity contribution in [1.29, 1.82) is 0 Å². The van der Waals surface area contributed by atoms with Crippen molar-refractivity contribution in [2.45, 2.75) is 26.3 Å². The van der Waals surface area contributed by atoms with Gasteiger partial charge in [-0.15, -0.1) is 0 Å². The van der Waals surface area contributed by atoms with E-state index >= 15 is 0 Å². The average Bonchev–Trinajstić information content (AvgIpc) is 2.75. The molecule has 2 saturated heterocycles. The second-order valence-corrected chi connectivity index (χ2v) is 7.84. The highest BCUT2D eigenvalue weighted by Crippen LogP contribution is 2.10. The number of nitrogens with one attached hydrogen (secondary N) is 3. The molecule has 2 heterocycles. The number of ether oxygens (including phenoxy) is 1. The van der Waals surface area contributed by atoms with Gasteiger partial charge in [0.05, 0.1) is 13.2 Å². The molecule has 0 radical (unpaired) electrons. The number of anilines is 1. The fourth-order valence-electron chi connectivity index (χ4n) is 3.93. The molecule has 28 heavy (non-hydrogen) atoms. The molecule has 154 valence electrons. The van der Waals surface area contributed by atoms with Crippen LogP contribution in [-0.4, -0.2) is 81.8 Å². The molecule has 2 aliphatic heterocycles. The number of hydrogen-bond donors (Lipinski definition) is 3. The van der Waals surface area contributed by atoms with Crippen LogP contribution in [0, 0.1) is 0 Å². The molecule has 2 aliphatic rings. The number of piperazine rings is 1. The predicted molar refractivity (Wildman–Crippen MR) is 108 cm³/mol. The van der Waals surface area contributed by atoms with Gasteiger partial charge in [0.2, 0.25) is 0 Å². The van der Waals surface area contributed by atoms with Crippen LogP contribution in [0.5, 0.6) is 0 Å². The van der Waals surface area contributed by atoms with Gasteiger partial charge in [-0.1, -0.05) is 19.1 Å². The number of aryl methyl sites for hydroxylation is 1. The Morgan fingerprint density at radius 2 is 1.75 bits per heavy atom. The Morgan fingerprint density at radius 3 is 2.36 bits per heavy atom. The third-order valence-corrected chi connectivity index (χ3v) is 6.00. The predicted octanol–water partition coefficient (Wildman–Crippen LogP) is -1.78. The van der Waals surface area contributed by atoms with Gasteiger partial charge in [0.1, 0.15) is 26.2 Å². The number of hydrogen-bond acceptors (Lipinski definition) is 3. The SMILES string of the molecule is CCc1ccc(NC(=O)[C@H](C)[NH+]2CC[NH+](CC(=O)N3CCOCC3)CC2)cc1. The number of nitrogens with zero attached hydrogens (tertiary/aromatic N) is 1. The first-order chi connectivity index (χ1) is 13.6. The van der Waals surface area contributed by atoms with Crippen LogP contribution in [0.25, 0.3) is 0 Å². The van der Waals surface area contributed by atoms with E-state index in [2.05, 4.69) is 24.4 Å². The van der Waals surface area contributed by atoms with Crippen LogP contribution < -0.4 is 15.1 Å². The Bertz CT molecular complexity index is 650. The topological polar surface area (TPSA) is 67.5 Å². The molecule has 1 aromatic rings. The minimum atomic E-state index is -0.0950. The molecule has 7 nitrogen and oxygen atoms in total. The fraction of sp³-hybridized carbons (Fsp3) is 0.619. The van der Waals surface area contributed by atoms with Crippen molar-refractivity contribution in [2.75, 3.05) is 64.3 Å². The van der Waals surface area contributed by atoms with Crippen LogP contribution in [0.1, 0.15) is 19.4 Å². The molecule has 1 atom stereocenters. The first kappa shape index (κ1) is 20.8. The molecule has 3 N–H and O–H groups in total. The van der Waals surface area contributed by atoms with Crippen LogP contribution in [-0.2, 0) is 20.7 Å². The van der Waals surface area contributed by atoms with Crippen LogP contribution in [0.2, 0.25) is 0 Å². The molecular formula is C21H34N4O3+2. The summed E-state index contributed by atoms with van der Waals surface area (Å²) in [6, 6.07) is 7.96. The van der Waals surface area contributed by atoms with E-state index in [0.29, 0.717) is 32.8 Å². The van der Waals surface area contributed by atoms with E-state index in [9.17, 15) is 9.59 Å². The summed E-state index contributed by atoms with van der Waals surface area (Å²) >= 11 is 0. The number of amides is 2. The third kappa shape index (κ3) is 5.53. The Hall–Kier alpha value is -1.96. The molecule has 7 heteroatoms. The van der Waals surface area contributed by atoms with Gasteiger partial charge in [0, 0.05) is 18.8 Å². The minimum absolute atomic E-state index is 0.0621. The number of morpholine rings is 1. The van der Waals surface area contributed by atoms with E-state index < -0.39 is 0 Å². The van der Waals surface area contributed by atoms with Crippen molar-refractivity contribution in [2.24, 2.45) is 0 Å². The van der Waals surface area contributed by atoms with Gasteiger partial charge >= 0.3 is 0 Å². The molecule has 0 aliphatic carbocycles. The van der Waals surface area contributed by atoms with E-state index in [1.807, 2.05) is 24.0 Å². The summed E-state index contributed by atoms with van der Waals surface area (Å²) in [5.41, 5.74) is 2.12. The number of carbonyl (C=O) groups excluding carboxylic acids is 2. The fourth-order valence-corrected chi connectivity index (χ4v) is 3.93. The minimum Gasteiger partial charge on any atom is -0.378 e. The van der Waals surface area contributed by atoms with E-state index in [4.69, 9.17) is 4.74 Å². The maximum absolute atomic E-state index is 12.6. The van der Waals surface area contributed by atoms with Crippen LogP contribution >= 0.6 is 0 Å². The van der Waals surface area contributed by atoms with Gasteiger partial charge in [0.25, 0.3) is 11.8 Å². The zero-order valence-corrected chi connectivity index (χ0v) is 17.1. The molecule has 3 rings (SSSR count). The largest absolute Gasteiger partial charge is 0.378 e. The average molecular weight is 391 g/mol. The van der Waals surface area contributed by atoms with Gasteiger partial charge < -0.3 is 24.8 Å². The zero-order chi connectivity index (χ0) is 19.9. The second kappa shape index (κ2) is 10.0. The lowest BCUT2D eigenvalue weighted by molar-refractivity contribution is -1.01. The summed E-state index contributed by atoms with van der Waals surface area (Å²) in [6.45, 7) is 11.0. The number of rotatable bonds is 6. The third-order valence-electron chi connectivity index (χ3n) is 6.00. The smallest absolute Gasteiger partial charge is 0.282 e. The van der Waals surface area contributed by atoms with Crippen molar-refractivity contribution in [1.82, 2.24) is 4.90 Å². The summed E-state index contributed by atoms with van der Waals surface area (Å²) in [6.07, 6.45) is 0.995. The standard InChI is InChI=1S/C21H32N4O3/c1-3-18-4-6-19(7-5-18)22-21(27)17(2)24-10-8-23(9-11-24)16-20(26)25-12-14-28-15-13-25/h4-7,17H,3,8-16H2,1-2H3,(H,22,27)/p+2/t17-/m0/s1. The number of quaternary nitrogens is 2. The lowest BCUT2D eigenvalue weighted by atomic mass is 10.1. The maximum atomic E-state index is 12.6. The maximum Gasteiger partial charge on any atom is 0.282 e. The summed E-state index contributed by atoms with van der Waals surface area (Å²) in [7, 11) is 0. The molecule has 2 amide bonds. The Morgan fingerprint density at radius 1 is 1.11 bits per heavy atom. The molecule has 0 bridgehead atoms. The molecule has 1 aromatic carbocycles. The number of carbonyl (C=O) groups is 2. The van der Waals surface area contributed by atoms with E-state index in [1.54, 1.807) is 0 Å². The van der Waals surface area contributed by atoms with Gasteiger partial charge in [-0.2, -0.15) is 0 Å². The molecule has 0 spiro atoms. The highest BCUT2D eigenvalue weighted by Gasteiger charge is 2.32. The van der Waals surface area contributed by atoms with Gasteiger partial charge in [-0.25, -0.2) is 0 Å². The number of benzene rings is 1. The quantitative estimate of drug-likeness (QED) is 0.538. The second-order valence-electron chi connectivity index (χ2n) is 7.84. The van der Waals surface area contributed by atoms with E-state index in [1.165, 1.54) is 15.4 Å². The van der Waals surface area contributed by atoms with Crippen molar-refractivity contribution in [3.8, 4) is 0 Å². The molecule has 0 aromatic heterocycles. The summed E-state index contributed by atoms with van der Waals surface area (Å²) < 4.78 is 5.31. The van der Waals surface area contributed by atoms with Crippen LogP contribution in [0.4, 0.5) is 5.69 Å². The van der Waals surface area contributed by atoms with E-state index in [0.717, 1.165) is 38.3 Å². The summed E-state index contributed by atoms with van der Waals surface area (Å²) in [4.78, 5) is 29.6. The Balaban J connectivity index is 1.42. The summed E-state index contributed by atoms with van der Waals surface area (Å²) in [5, 5.41) is 3.04. The molecule has 0 unspecified atom stereocenters. The normalized spacial score (nSPS) is 23.9. The van der Waals surface area contributed by atoms with Gasteiger partial charge in [-0.3, -0.25) is 9.59 Å². The molecule has 0 saturated carbocycles. The van der Waals surface area contributed by atoms with Crippen LogP contribution in [0.3, 0.4) is 0 Å². The first-order valence-corrected chi connectivity index (χ1v) is 10.5. The zero-order valence-electron chi connectivity index (χ0n) is 17.1. The Kier molecular flexibility index (Phi) is 7.42. The highest BCUT2D eigenvalue weighted by atomic mass is 16.5. The molecular weight excluding hydrogens is 356 g/mol. The first-order valence-electron chi connectivity index (χ1n) is 10.5. The highest BCUT2D eigenvalue weighted by molar-refractivity contribution is 5.93. The van der Waals surface area contributed by atoms with Crippen molar-refractivity contribution in [3.63, 3.8) is 0 Å². The van der Waals surface area contributed by atoms with E-state index in [-0.39, 0.29) is 17.9 Å². The molecule has 2 fully saturated rings. The summed E-state index contributed by atoms with van der Waals surface area (Å²) in [5.74, 6) is 0.287. The lowest BCUT2D eigenvalue weighted by Gasteiger charge is -2.34. The monoisotopic (exact) mass is 390 g/mol. The van der Waals surface area contributed by atoms with Gasteiger partial charge in [-0.05, 0) is 31.0 Å². The van der Waals surface area contributed by atoms with Crippen molar-refractivity contribution >= 4 is 17.5 Å².